The zero-order valence-corrected chi connectivity index (χ0v) is 18.7. The molecule has 1 aromatic heterocycles. The second kappa shape index (κ2) is 11.4. The lowest BCUT2D eigenvalue weighted by Gasteiger charge is -2.31. The molecule has 1 saturated heterocycles. The zero-order chi connectivity index (χ0) is 23.8. The third-order valence-electron chi connectivity index (χ3n) is 5.94. The van der Waals surface area contributed by atoms with Crippen molar-refractivity contribution in [2.24, 2.45) is 13.0 Å². The van der Waals surface area contributed by atoms with Gasteiger partial charge in [-0.1, -0.05) is 48.5 Å². The van der Waals surface area contributed by atoms with Gasteiger partial charge in [0.25, 0.3) is 0 Å². The lowest BCUT2D eigenvalue weighted by molar-refractivity contribution is -0.159. The van der Waals surface area contributed by atoms with Gasteiger partial charge in [-0.25, -0.2) is 9.59 Å². The largest absolute Gasteiger partial charge is 0.473 e. The van der Waals surface area contributed by atoms with Gasteiger partial charge in [-0.2, -0.15) is 5.10 Å². The number of benzene rings is 2. The Hall–Kier alpha value is -3.52. The Labute approximate surface area is 192 Å². The smallest absolute Gasteiger partial charge is 0.414 e. The SMILES string of the molecule is Cn1nc(C(=O)CCC2CCN(Cc3ccccc3)CC2)c2ccccc21.O=C(O)C(=O)O. The fourth-order valence-corrected chi connectivity index (χ4v) is 4.15. The number of rotatable bonds is 6. The van der Waals surface area contributed by atoms with Crippen molar-refractivity contribution < 1.29 is 24.6 Å². The summed E-state index contributed by atoms with van der Waals surface area (Å²) < 4.78 is 1.81. The van der Waals surface area contributed by atoms with Gasteiger partial charge >= 0.3 is 11.9 Å². The molecule has 1 aliphatic heterocycles. The third-order valence-corrected chi connectivity index (χ3v) is 5.94. The second-order valence-electron chi connectivity index (χ2n) is 8.27. The lowest BCUT2D eigenvalue weighted by atomic mass is 9.90. The van der Waals surface area contributed by atoms with Crippen LogP contribution in [0, 0.1) is 5.92 Å². The van der Waals surface area contributed by atoms with Crippen LogP contribution in [0.25, 0.3) is 10.9 Å². The molecule has 2 N–H and O–H groups in total. The molecule has 0 atom stereocenters. The number of fused-ring (bicyclic) bond motifs is 1. The van der Waals surface area contributed by atoms with E-state index in [9.17, 15) is 4.79 Å². The number of hydrogen-bond acceptors (Lipinski definition) is 5. The number of aryl methyl sites for hydroxylation is 1. The first-order valence-electron chi connectivity index (χ1n) is 11.0. The molecule has 0 spiro atoms. The molecule has 0 amide bonds. The minimum atomic E-state index is -1.82. The second-order valence-corrected chi connectivity index (χ2v) is 8.27. The van der Waals surface area contributed by atoms with Crippen LogP contribution in [0.3, 0.4) is 0 Å². The molecule has 8 nitrogen and oxygen atoms in total. The molecule has 1 aliphatic rings. The molecule has 2 aromatic carbocycles. The Morgan fingerprint density at radius 1 is 0.939 bits per heavy atom. The van der Waals surface area contributed by atoms with Gasteiger partial charge in [0, 0.05) is 25.4 Å². The van der Waals surface area contributed by atoms with E-state index >= 15 is 0 Å². The van der Waals surface area contributed by atoms with Crippen molar-refractivity contribution in [2.45, 2.75) is 32.2 Å². The highest BCUT2D eigenvalue weighted by Crippen LogP contribution is 2.25. The van der Waals surface area contributed by atoms with Crippen LogP contribution in [0.4, 0.5) is 0 Å². The summed E-state index contributed by atoms with van der Waals surface area (Å²) in [5, 5.41) is 20.2. The number of carbonyl (C=O) groups is 3. The first kappa shape index (κ1) is 24.1. The number of Topliss-reactive ketones (excluding diaryl/α,β-unsaturated/α-hetero) is 1. The Bertz CT molecular complexity index is 1090. The number of carboxylic acid groups (broad SMARTS) is 2. The van der Waals surface area contributed by atoms with Crippen molar-refractivity contribution in [3.63, 3.8) is 0 Å². The maximum atomic E-state index is 12.7. The highest BCUT2D eigenvalue weighted by atomic mass is 16.4. The van der Waals surface area contributed by atoms with Crippen molar-refractivity contribution in [1.29, 1.82) is 0 Å². The predicted molar refractivity (Wildman–Crippen MR) is 124 cm³/mol. The lowest BCUT2D eigenvalue weighted by Crippen LogP contribution is -2.33. The van der Waals surface area contributed by atoms with E-state index in [4.69, 9.17) is 19.8 Å². The van der Waals surface area contributed by atoms with Gasteiger partial charge in [-0.05, 0) is 49.9 Å². The fourth-order valence-electron chi connectivity index (χ4n) is 4.15. The molecule has 0 saturated carbocycles. The molecule has 33 heavy (non-hydrogen) atoms. The summed E-state index contributed by atoms with van der Waals surface area (Å²) in [6.45, 7) is 3.28. The molecule has 174 valence electrons. The molecular formula is C25H29N3O5. The number of para-hydroxylation sites is 1. The monoisotopic (exact) mass is 451 g/mol. The van der Waals surface area contributed by atoms with Gasteiger partial charge in [0.05, 0.1) is 5.52 Å². The van der Waals surface area contributed by atoms with E-state index in [-0.39, 0.29) is 5.78 Å². The summed E-state index contributed by atoms with van der Waals surface area (Å²) in [6.07, 6.45) is 3.94. The number of ketones is 1. The third kappa shape index (κ3) is 6.73. The molecule has 0 bridgehead atoms. The minimum Gasteiger partial charge on any atom is -0.473 e. The molecular weight excluding hydrogens is 422 g/mol. The highest BCUT2D eigenvalue weighted by Gasteiger charge is 2.22. The molecule has 0 unspecified atom stereocenters. The number of nitrogens with zero attached hydrogens (tertiary/aromatic N) is 3. The van der Waals surface area contributed by atoms with E-state index in [0.717, 1.165) is 37.0 Å². The Morgan fingerprint density at radius 3 is 2.18 bits per heavy atom. The van der Waals surface area contributed by atoms with Crippen molar-refractivity contribution in [2.75, 3.05) is 13.1 Å². The van der Waals surface area contributed by atoms with Crippen LogP contribution in [-0.2, 0) is 23.2 Å². The van der Waals surface area contributed by atoms with Gasteiger partial charge in [-0.3, -0.25) is 14.4 Å². The van der Waals surface area contributed by atoms with Crippen LogP contribution in [0.5, 0.6) is 0 Å². The number of hydrogen-bond donors (Lipinski definition) is 2. The molecule has 0 aliphatic carbocycles. The van der Waals surface area contributed by atoms with E-state index in [2.05, 4.69) is 40.3 Å². The topological polar surface area (TPSA) is 113 Å². The normalized spacial score (nSPS) is 14.5. The molecule has 8 heteroatoms. The Kier molecular flexibility index (Phi) is 8.32. The maximum absolute atomic E-state index is 12.7. The molecule has 2 heterocycles. The Morgan fingerprint density at radius 2 is 1.55 bits per heavy atom. The molecule has 3 aromatic rings. The summed E-state index contributed by atoms with van der Waals surface area (Å²) >= 11 is 0. The van der Waals surface area contributed by atoms with Crippen LogP contribution in [0.1, 0.15) is 41.7 Å². The summed E-state index contributed by atoms with van der Waals surface area (Å²) in [5.74, 6) is -2.82. The van der Waals surface area contributed by atoms with E-state index in [1.54, 1.807) is 0 Å². The van der Waals surface area contributed by atoms with Crippen molar-refractivity contribution in [3.05, 3.63) is 65.9 Å². The van der Waals surface area contributed by atoms with Gasteiger partial charge < -0.3 is 10.2 Å². The Balaban J connectivity index is 0.000000454. The number of aromatic nitrogens is 2. The van der Waals surface area contributed by atoms with Gasteiger partial charge in [0.2, 0.25) is 0 Å². The van der Waals surface area contributed by atoms with Gasteiger partial charge in [0.1, 0.15) is 5.69 Å². The standard InChI is InChI=1S/C23H27N3O.C2H2O4/c1-25-21-10-6-5-9-20(21)23(24-25)22(27)12-11-18-13-15-26(16-14-18)17-19-7-3-2-4-8-19;3-1(4)2(5)6/h2-10,18H,11-17H2,1H3;(H,3,4)(H,5,6). The van der Waals surface area contributed by atoms with Crippen LogP contribution >= 0.6 is 0 Å². The summed E-state index contributed by atoms with van der Waals surface area (Å²) in [5.41, 5.74) is 3.04. The average molecular weight is 452 g/mol. The van der Waals surface area contributed by atoms with Gasteiger partial charge in [0.15, 0.2) is 5.78 Å². The van der Waals surface area contributed by atoms with E-state index in [1.807, 2.05) is 36.0 Å². The van der Waals surface area contributed by atoms with Crippen molar-refractivity contribution >= 4 is 28.6 Å². The summed E-state index contributed by atoms with van der Waals surface area (Å²) in [7, 11) is 1.90. The average Bonchev–Trinajstić information content (AvgIpc) is 3.16. The first-order chi connectivity index (χ1) is 15.8. The minimum absolute atomic E-state index is 0.179. The van der Waals surface area contributed by atoms with E-state index in [0.29, 0.717) is 18.0 Å². The maximum Gasteiger partial charge on any atom is 0.414 e. The number of carboxylic acids is 2. The first-order valence-corrected chi connectivity index (χ1v) is 11.0. The molecule has 1 fully saturated rings. The van der Waals surface area contributed by atoms with Crippen LogP contribution < -0.4 is 0 Å². The number of likely N-dealkylation sites (tertiary alicyclic amines) is 1. The van der Waals surface area contributed by atoms with E-state index in [1.165, 1.54) is 18.4 Å². The van der Waals surface area contributed by atoms with Gasteiger partial charge in [-0.15, -0.1) is 0 Å². The fraction of sp³-hybridized carbons (Fsp3) is 0.360. The number of aliphatic carboxylic acids is 2. The predicted octanol–water partition coefficient (Wildman–Crippen LogP) is 3.60. The van der Waals surface area contributed by atoms with Crippen LogP contribution in [-0.4, -0.2) is 55.7 Å². The van der Waals surface area contributed by atoms with Crippen molar-refractivity contribution in [1.82, 2.24) is 14.7 Å². The highest BCUT2D eigenvalue weighted by molar-refractivity contribution is 6.27. The zero-order valence-electron chi connectivity index (χ0n) is 18.7. The number of piperidine rings is 1. The van der Waals surface area contributed by atoms with Crippen LogP contribution in [0.2, 0.25) is 0 Å². The number of carbonyl (C=O) groups excluding carboxylic acids is 1. The van der Waals surface area contributed by atoms with E-state index < -0.39 is 11.9 Å². The summed E-state index contributed by atoms with van der Waals surface area (Å²) in [4.78, 5) is 33.5. The molecule has 0 radical (unpaired) electrons. The van der Waals surface area contributed by atoms with Crippen molar-refractivity contribution in [3.8, 4) is 0 Å². The quantitative estimate of drug-likeness (QED) is 0.435. The molecule has 4 rings (SSSR count). The van der Waals surface area contributed by atoms with Crippen LogP contribution in [0.15, 0.2) is 54.6 Å². The summed E-state index contributed by atoms with van der Waals surface area (Å²) in [6, 6.07) is 18.6.